The summed E-state index contributed by atoms with van der Waals surface area (Å²) in [5, 5.41) is 0. The first-order chi connectivity index (χ1) is 10.2. The van der Waals surface area contributed by atoms with Crippen LogP contribution in [0.4, 0.5) is 0 Å². The van der Waals surface area contributed by atoms with E-state index in [0.717, 1.165) is 31.4 Å². The quantitative estimate of drug-likeness (QED) is 0.898. The number of ether oxygens (including phenoxy) is 2. The molecule has 5 nitrogen and oxygen atoms in total. The molecule has 1 aromatic rings. The van der Waals surface area contributed by atoms with Gasteiger partial charge in [-0.25, -0.2) is 0 Å². The highest BCUT2D eigenvalue weighted by Gasteiger charge is 2.27. The van der Waals surface area contributed by atoms with Crippen molar-refractivity contribution in [1.29, 1.82) is 0 Å². The third kappa shape index (κ3) is 4.05. The van der Waals surface area contributed by atoms with E-state index in [1.165, 1.54) is 0 Å². The lowest BCUT2D eigenvalue weighted by atomic mass is 10.0. The highest BCUT2D eigenvalue weighted by Crippen LogP contribution is 2.29. The van der Waals surface area contributed by atoms with Crippen LogP contribution in [-0.4, -0.2) is 44.2 Å². The minimum absolute atomic E-state index is 0. The van der Waals surface area contributed by atoms with E-state index in [1.807, 2.05) is 23.1 Å². The van der Waals surface area contributed by atoms with E-state index >= 15 is 0 Å². The summed E-state index contributed by atoms with van der Waals surface area (Å²) in [7, 11) is 3.21. The van der Waals surface area contributed by atoms with Crippen LogP contribution < -0.4 is 15.2 Å². The molecule has 0 radical (unpaired) electrons. The Kier molecular flexibility index (Phi) is 7.48. The zero-order valence-corrected chi connectivity index (χ0v) is 14.0. The number of likely N-dealkylation sites (tertiary alicyclic amines) is 1. The number of methoxy groups -OCH3 is 2. The molecule has 1 saturated heterocycles. The molecule has 0 aliphatic carbocycles. The number of rotatable bonds is 5. The van der Waals surface area contributed by atoms with Crippen molar-refractivity contribution in [1.82, 2.24) is 4.90 Å². The second kappa shape index (κ2) is 8.86. The van der Waals surface area contributed by atoms with Gasteiger partial charge in [0.05, 0.1) is 20.6 Å². The summed E-state index contributed by atoms with van der Waals surface area (Å²) in [6, 6.07) is 5.71. The SMILES string of the molecule is COc1cccc(OC)c1CC(=O)N1CCCCC1CN.Cl. The zero-order chi connectivity index (χ0) is 15.2. The van der Waals surface area contributed by atoms with Crippen LogP contribution in [0.15, 0.2) is 18.2 Å². The van der Waals surface area contributed by atoms with E-state index in [1.54, 1.807) is 14.2 Å². The van der Waals surface area contributed by atoms with Crippen molar-refractivity contribution in [3.05, 3.63) is 23.8 Å². The normalized spacial score (nSPS) is 17.6. The lowest BCUT2D eigenvalue weighted by Gasteiger charge is -2.35. The molecule has 124 valence electrons. The molecule has 2 N–H and O–H groups in total. The topological polar surface area (TPSA) is 64.8 Å². The number of halogens is 1. The Labute approximate surface area is 138 Å². The van der Waals surface area contributed by atoms with Gasteiger partial charge in [-0.15, -0.1) is 12.4 Å². The molecule has 6 heteroatoms. The monoisotopic (exact) mass is 328 g/mol. The zero-order valence-electron chi connectivity index (χ0n) is 13.2. The van der Waals surface area contributed by atoms with Gasteiger partial charge in [0.15, 0.2) is 0 Å². The molecule has 2 rings (SSSR count). The predicted octanol–water partition coefficient (Wildman–Crippen LogP) is 2.01. The fraction of sp³-hybridized carbons (Fsp3) is 0.562. The van der Waals surface area contributed by atoms with Crippen molar-refractivity contribution in [3.8, 4) is 11.5 Å². The summed E-state index contributed by atoms with van der Waals surface area (Å²) < 4.78 is 10.7. The third-order valence-corrected chi connectivity index (χ3v) is 4.08. The van der Waals surface area contributed by atoms with E-state index in [9.17, 15) is 4.79 Å². The van der Waals surface area contributed by atoms with Crippen LogP contribution in [0.1, 0.15) is 24.8 Å². The molecule has 1 aliphatic rings. The second-order valence-corrected chi connectivity index (χ2v) is 5.29. The van der Waals surface area contributed by atoms with Crippen molar-refractivity contribution < 1.29 is 14.3 Å². The molecule has 1 aliphatic heterocycles. The van der Waals surface area contributed by atoms with Crippen LogP contribution in [0.3, 0.4) is 0 Å². The molecular formula is C16H25ClN2O3. The Morgan fingerprint density at radius 1 is 1.27 bits per heavy atom. The van der Waals surface area contributed by atoms with Crippen molar-refractivity contribution in [2.45, 2.75) is 31.7 Å². The minimum Gasteiger partial charge on any atom is -0.496 e. The van der Waals surface area contributed by atoms with Crippen molar-refractivity contribution >= 4 is 18.3 Å². The van der Waals surface area contributed by atoms with Crippen LogP contribution in [0.5, 0.6) is 11.5 Å². The number of amides is 1. The smallest absolute Gasteiger partial charge is 0.227 e. The Morgan fingerprint density at radius 2 is 1.91 bits per heavy atom. The largest absolute Gasteiger partial charge is 0.496 e. The van der Waals surface area contributed by atoms with E-state index in [2.05, 4.69) is 0 Å². The van der Waals surface area contributed by atoms with Crippen LogP contribution in [-0.2, 0) is 11.2 Å². The van der Waals surface area contributed by atoms with Gasteiger partial charge in [-0.2, -0.15) is 0 Å². The van der Waals surface area contributed by atoms with Gasteiger partial charge in [0.25, 0.3) is 0 Å². The van der Waals surface area contributed by atoms with E-state index in [-0.39, 0.29) is 30.8 Å². The van der Waals surface area contributed by atoms with Gasteiger partial charge in [0.1, 0.15) is 11.5 Å². The molecule has 1 atom stereocenters. The summed E-state index contributed by atoms with van der Waals surface area (Å²) >= 11 is 0. The summed E-state index contributed by atoms with van der Waals surface area (Å²) in [4.78, 5) is 14.5. The molecule has 0 spiro atoms. The van der Waals surface area contributed by atoms with Gasteiger partial charge in [0, 0.05) is 24.7 Å². The maximum absolute atomic E-state index is 12.6. The lowest BCUT2D eigenvalue weighted by Crippen LogP contribution is -2.48. The molecule has 1 heterocycles. The van der Waals surface area contributed by atoms with Crippen LogP contribution in [0.25, 0.3) is 0 Å². The van der Waals surface area contributed by atoms with Gasteiger partial charge in [-0.05, 0) is 31.4 Å². The van der Waals surface area contributed by atoms with E-state index in [4.69, 9.17) is 15.2 Å². The highest BCUT2D eigenvalue weighted by molar-refractivity contribution is 5.85. The number of carbonyl (C=O) groups is 1. The Bertz CT molecular complexity index is 474. The van der Waals surface area contributed by atoms with Crippen molar-refractivity contribution in [2.75, 3.05) is 27.3 Å². The second-order valence-electron chi connectivity index (χ2n) is 5.29. The van der Waals surface area contributed by atoms with E-state index < -0.39 is 0 Å². The first-order valence-electron chi connectivity index (χ1n) is 7.40. The lowest BCUT2D eigenvalue weighted by molar-refractivity contribution is -0.133. The van der Waals surface area contributed by atoms with E-state index in [0.29, 0.717) is 18.0 Å². The Hall–Kier alpha value is -1.46. The number of carbonyl (C=O) groups excluding carboxylic acids is 1. The highest BCUT2D eigenvalue weighted by atomic mass is 35.5. The first-order valence-corrected chi connectivity index (χ1v) is 7.40. The number of nitrogens with two attached hydrogens (primary N) is 1. The molecule has 1 aromatic carbocycles. The average Bonchev–Trinajstić information content (AvgIpc) is 2.54. The van der Waals surface area contributed by atoms with Gasteiger partial charge in [-0.3, -0.25) is 4.79 Å². The number of hydrogen-bond donors (Lipinski definition) is 1. The predicted molar refractivity (Wildman–Crippen MR) is 88.9 cm³/mol. The molecule has 1 unspecified atom stereocenters. The molecule has 0 saturated carbocycles. The summed E-state index contributed by atoms with van der Waals surface area (Å²) in [5.74, 6) is 1.46. The molecule has 0 aromatic heterocycles. The Morgan fingerprint density at radius 3 is 2.45 bits per heavy atom. The molecular weight excluding hydrogens is 304 g/mol. The number of nitrogens with zero attached hydrogens (tertiary/aromatic N) is 1. The number of hydrogen-bond acceptors (Lipinski definition) is 4. The number of piperidine rings is 1. The fourth-order valence-corrected chi connectivity index (χ4v) is 2.93. The van der Waals surface area contributed by atoms with Gasteiger partial charge >= 0.3 is 0 Å². The minimum atomic E-state index is 0. The van der Waals surface area contributed by atoms with Crippen molar-refractivity contribution in [2.24, 2.45) is 5.73 Å². The van der Waals surface area contributed by atoms with Crippen molar-refractivity contribution in [3.63, 3.8) is 0 Å². The molecule has 22 heavy (non-hydrogen) atoms. The van der Waals surface area contributed by atoms with Gasteiger partial charge in [-0.1, -0.05) is 6.07 Å². The van der Waals surface area contributed by atoms with Crippen LogP contribution in [0, 0.1) is 0 Å². The molecule has 0 bridgehead atoms. The molecule has 1 fully saturated rings. The summed E-state index contributed by atoms with van der Waals surface area (Å²) in [5.41, 5.74) is 6.59. The summed E-state index contributed by atoms with van der Waals surface area (Å²) in [6.45, 7) is 1.31. The summed E-state index contributed by atoms with van der Waals surface area (Å²) in [6.07, 6.45) is 3.46. The molecule has 1 amide bonds. The number of benzene rings is 1. The maximum Gasteiger partial charge on any atom is 0.227 e. The fourth-order valence-electron chi connectivity index (χ4n) is 2.93. The van der Waals surface area contributed by atoms with Gasteiger partial charge < -0.3 is 20.1 Å². The van der Waals surface area contributed by atoms with Gasteiger partial charge in [0.2, 0.25) is 5.91 Å². The average molecular weight is 329 g/mol. The van der Waals surface area contributed by atoms with Crippen LogP contribution in [0.2, 0.25) is 0 Å². The third-order valence-electron chi connectivity index (χ3n) is 4.08. The van der Waals surface area contributed by atoms with Crippen LogP contribution >= 0.6 is 12.4 Å². The first kappa shape index (κ1) is 18.6. The Balaban J connectivity index is 0.00000242. The maximum atomic E-state index is 12.6. The standard InChI is InChI=1S/C16H24N2O3.ClH/c1-20-14-7-5-8-15(21-2)13(14)10-16(19)18-9-4-3-6-12(18)11-17;/h5,7-8,12H,3-4,6,9-11,17H2,1-2H3;1H.